The molecular formula is C19H26F3NS. The Labute approximate surface area is 148 Å². The molecule has 0 aromatic heterocycles. The largest absolute Gasteiger partial charge is 0.389 e. The van der Waals surface area contributed by atoms with E-state index in [2.05, 4.69) is 39.5 Å². The van der Waals surface area contributed by atoms with Crippen LogP contribution in [0.15, 0.2) is 28.1 Å². The van der Waals surface area contributed by atoms with Gasteiger partial charge in [-0.3, -0.25) is 4.99 Å². The quantitative estimate of drug-likeness (QED) is 0.440. The number of thiol groups is 1. The number of nitrogens with zero attached hydrogens (tertiary/aromatic N) is 1. The summed E-state index contributed by atoms with van der Waals surface area (Å²) in [6, 6.07) is 6.03. The van der Waals surface area contributed by atoms with Crippen molar-refractivity contribution in [1.82, 2.24) is 0 Å². The number of hydrogen-bond acceptors (Lipinski definition) is 2. The van der Waals surface area contributed by atoms with Gasteiger partial charge in [0.15, 0.2) is 0 Å². The zero-order chi connectivity index (χ0) is 18.0. The van der Waals surface area contributed by atoms with Crippen LogP contribution in [0, 0.1) is 11.3 Å². The molecule has 0 amide bonds. The predicted octanol–water partition coefficient (Wildman–Crippen LogP) is 6.78. The van der Waals surface area contributed by atoms with Crippen LogP contribution in [0.2, 0.25) is 0 Å². The molecule has 0 saturated carbocycles. The van der Waals surface area contributed by atoms with Crippen LogP contribution in [0.5, 0.6) is 0 Å². The van der Waals surface area contributed by atoms with Crippen molar-refractivity contribution in [3.8, 4) is 0 Å². The van der Waals surface area contributed by atoms with Crippen molar-refractivity contribution in [3.05, 3.63) is 23.8 Å². The van der Waals surface area contributed by atoms with Gasteiger partial charge in [-0.2, -0.15) is 13.2 Å². The van der Waals surface area contributed by atoms with Crippen LogP contribution in [0.25, 0.3) is 0 Å². The van der Waals surface area contributed by atoms with E-state index in [4.69, 9.17) is 4.99 Å². The third kappa shape index (κ3) is 5.54. The highest BCUT2D eigenvalue weighted by Gasteiger charge is 2.31. The van der Waals surface area contributed by atoms with Crippen molar-refractivity contribution in [2.24, 2.45) is 16.3 Å². The molecule has 134 valence electrons. The minimum atomic E-state index is -4.04. The van der Waals surface area contributed by atoms with Gasteiger partial charge in [0.05, 0.1) is 5.69 Å². The number of alkyl halides is 3. The molecule has 1 heterocycles. The lowest BCUT2D eigenvalue weighted by Crippen LogP contribution is -2.32. The molecule has 1 aliphatic rings. The summed E-state index contributed by atoms with van der Waals surface area (Å²) in [4.78, 5) is 5.78. The lowest BCUT2D eigenvalue weighted by molar-refractivity contribution is -0.135. The summed E-state index contributed by atoms with van der Waals surface area (Å²) in [7, 11) is 0. The second kappa shape index (κ2) is 7.51. The van der Waals surface area contributed by atoms with E-state index >= 15 is 0 Å². The Balaban J connectivity index is 2.03. The second-order valence-corrected chi connectivity index (χ2v) is 8.19. The van der Waals surface area contributed by atoms with Crippen LogP contribution >= 0.6 is 12.6 Å². The zero-order valence-electron chi connectivity index (χ0n) is 14.6. The summed E-state index contributed by atoms with van der Waals surface area (Å²) in [5.74, 6) is 0.314. The maximum Gasteiger partial charge on any atom is 0.389 e. The molecule has 0 radical (unpaired) electrons. The summed E-state index contributed by atoms with van der Waals surface area (Å²) in [5, 5.41) is 0. The smallest absolute Gasteiger partial charge is 0.257 e. The van der Waals surface area contributed by atoms with Crippen LogP contribution in [0.4, 0.5) is 18.9 Å². The molecule has 0 fully saturated rings. The molecule has 0 aliphatic carbocycles. The Kier molecular flexibility index (Phi) is 6.05. The minimum absolute atomic E-state index is 0.0407. The number of fused-ring (bicyclic) bond motifs is 1. The van der Waals surface area contributed by atoms with E-state index in [0.29, 0.717) is 12.3 Å². The van der Waals surface area contributed by atoms with Gasteiger partial charge in [-0.1, -0.05) is 39.7 Å². The fourth-order valence-electron chi connectivity index (χ4n) is 3.32. The third-order valence-corrected chi connectivity index (χ3v) is 4.72. The first-order valence-electron chi connectivity index (χ1n) is 8.54. The van der Waals surface area contributed by atoms with Crippen molar-refractivity contribution >= 4 is 24.0 Å². The van der Waals surface area contributed by atoms with Crippen molar-refractivity contribution in [3.63, 3.8) is 0 Å². The first-order valence-corrected chi connectivity index (χ1v) is 8.99. The van der Waals surface area contributed by atoms with E-state index in [1.54, 1.807) is 0 Å². The number of rotatable bonds is 5. The van der Waals surface area contributed by atoms with E-state index in [1.165, 1.54) is 5.56 Å². The molecule has 1 aromatic rings. The third-order valence-electron chi connectivity index (χ3n) is 4.44. The molecule has 0 N–H and O–H groups in total. The van der Waals surface area contributed by atoms with Gasteiger partial charge in [0.1, 0.15) is 0 Å². The highest BCUT2D eigenvalue weighted by atomic mass is 32.1. The number of hydrogen-bond donors (Lipinski definition) is 1. The average Bonchev–Trinajstić information content (AvgIpc) is 2.44. The topological polar surface area (TPSA) is 12.4 Å². The molecule has 0 bridgehead atoms. The fraction of sp³-hybridized carbons (Fsp3) is 0.632. The van der Waals surface area contributed by atoms with Crippen LogP contribution < -0.4 is 0 Å². The Morgan fingerprint density at radius 2 is 1.83 bits per heavy atom. The number of unbranched alkanes of at least 4 members (excludes halogenated alkanes) is 2. The summed E-state index contributed by atoms with van der Waals surface area (Å²) in [5.41, 5.74) is 3.31. The number of halogens is 3. The summed E-state index contributed by atoms with van der Waals surface area (Å²) in [6.45, 7) is 6.45. The molecule has 1 unspecified atom stereocenters. The summed E-state index contributed by atoms with van der Waals surface area (Å²) in [6.07, 6.45) is -1.24. The standard InChI is InChI=1S/C19H26F3NS/c1-18(2,3)17-14(7-5-4-6-10-19(20,21)22)11-13-8-9-15(24)12-16(13)23-17/h8-9,12,14,24H,4-7,10-11H2,1-3H3. The van der Waals surface area contributed by atoms with Gasteiger partial charge in [0, 0.05) is 28.4 Å². The second-order valence-electron chi connectivity index (χ2n) is 7.68. The molecular weight excluding hydrogens is 331 g/mol. The van der Waals surface area contributed by atoms with Gasteiger partial charge in [-0.25, -0.2) is 0 Å². The maximum absolute atomic E-state index is 12.2. The summed E-state index contributed by atoms with van der Waals surface area (Å²) >= 11 is 4.38. The van der Waals surface area contributed by atoms with E-state index < -0.39 is 12.6 Å². The van der Waals surface area contributed by atoms with E-state index in [-0.39, 0.29) is 11.8 Å². The highest BCUT2D eigenvalue weighted by Crippen LogP contribution is 2.38. The van der Waals surface area contributed by atoms with Gasteiger partial charge >= 0.3 is 6.18 Å². The molecule has 5 heteroatoms. The highest BCUT2D eigenvalue weighted by molar-refractivity contribution is 7.80. The number of benzene rings is 1. The van der Waals surface area contributed by atoms with Crippen molar-refractivity contribution in [1.29, 1.82) is 0 Å². The molecule has 1 aromatic carbocycles. The lowest BCUT2D eigenvalue weighted by atomic mass is 9.75. The molecule has 0 saturated heterocycles. The fourth-order valence-corrected chi connectivity index (χ4v) is 3.52. The molecule has 24 heavy (non-hydrogen) atoms. The molecule has 0 spiro atoms. The van der Waals surface area contributed by atoms with Gasteiger partial charge in [0.2, 0.25) is 0 Å². The van der Waals surface area contributed by atoms with Gasteiger partial charge < -0.3 is 0 Å². The average molecular weight is 357 g/mol. The normalized spacial score (nSPS) is 18.3. The van der Waals surface area contributed by atoms with Gasteiger partial charge in [0.25, 0.3) is 0 Å². The summed E-state index contributed by atoms with van der Waals surface area (Å²) < 4.78 is 36.7. The first kappa shape index (κ1) is 19.4. The van der Waals surface area contributed by atoms with E-state index in [0.717, 1.165) is 35.6 Å². The Hall–Kier alpha value is -0.970. The Morgan fingerprint density at radius 1 is 1.12 bits per heavy atom. The Morgan fingerprint density at radius 3 is 2.46 bits per heavy atom. The van der Waals surface area contributed by atoms with Gasteiger partial charge in [-0.05, 0) is 37.0 Å². The lowest BCUT2D eigenvalue weighted by Gasteiger charge is -2.33. The number of aliphatic imine (C=N–C) groups is 1. The molecule has 1 atom stereocenters. The maximum atomic E-state index is 12.2. The van der Waals surface area contributed by atoms with E-state index in [1.807, 2.05) is 12.1 Å². The SMILES string of the molecule is CC(C)(C)C1=Nc2cc(S)ccc2CC1CCCCCC(F)(F)F. The molecule has 1 aliphatic heterocycles. The van der Waals surface area contributed by atoms with Crippen molar-refractivity contribution in [2.75, 3.05) is 0 Å². The van der Waals surface area contributed by atoms with Crippen LogP contribution in [-0.4, -0.2) is 11.9 Å². The van der Waals surface area contributed by atoms with Crippen LogP contribution in [-0.2, 0) is 6.42 Å². The molecule has 2 rings (SSSR count). The molecule has 1 nitrogen and oxygen atoms in total. The Bertz CT molecular complexity index is 600. The van der Waals surface area contributed by atoms with Gasteiger partial charge in [-0.15, -0.1) is 12.6 Å². The zero-order valence-corrected chi connectivity index (χ0v) is 15.5. The predicted molar refractivity (Wildman–Crippen MR) is 96.6 cm³/mol. The minimum Gasteiger partial charge on any atom is -0.257 e. The van der Waals surface area contributed by atoms with Crippen LogP contribution in [0.3, 0.4) is 0 Å². The first-order chi connectivity index (χ1) is 11.1. The monoisotopic (exact) mass is 357 g/mol. The van der Waals surface area contributed by atoms with Crippen LogP contribution in [0.1, 0.15) is 58.4 Å². The van der Waals surface area contributed by atoms with E-state index in [9.17, 15) is 13.2 Å². The van der Waals surface area contributed by atoms with Crippen molar-refractivity contribution in [2.45, 2.75) is 70.4 Å². The van der Waals surface area contributed by atoms with Crippen molar-refractivity contribution < 1.29 is 13.2 Å².